The summed E-state index contributed by atoms with van der Waals surface area (Å²) in [6.07, 6.45) is 1.14. The molecule has 0 unspecified atom stereocenters. The summed E-state index contributed by atoms with van der Waals surface area (Å²) in [6, 6.07) is 0. The molecule has 0 aromatic carbocycles. The van der Waals surface area contributed by atoms with Gasteiger partial charge in [0.25, 0.3) is 0 Å². The van der Waals surface area contributed by atoms with E-state index >= 15 is 0 Å². The molecule has 1 amide bonds. The Kier molecular flexibility index (Phi) is 3.57. The molecule has 1 saturated heterocycles. The first-order valence-electron chi connectivity index (χ1n) is 5.13. The Labute approximate surface area is 94.7 Å². The molecule has 1 aliphatic rings. The van der Waals surface area contributed by atoms with Crippen LogP contribution in [0.25, 0.3) is 0 Å². The highest BCUT2D eigenvalue weighted by Crippen LogP contribution is 2.34. The van der Waals surface area contributed by atoms with Gasteiger partial charge < -0.3 is 14.7 Å². The van der Waals surface area contributed by atoms with Gasteiger partial charge in [-0.05, 0) is 6.42 Å². The quantitative estimate of drug-likeness (QED) is 0.544. The van der Waals surface area contributed by atoms with Gasteiger partial charge in [0.15, 0.2) is 0 Å². The zero-order valence-corrected chi connectivity index (χ0v) is 9.82. The molecule has 5 heteroatoms. The van der Waals surface area contributed by atoms with Crippen molar-refractivity contribution in [2.75, 3.05) is 20.2 Å². The molecule has 90 valence electrons. The van der Waals surface area contributed by atoms with Gasteiger partial charge >= 0.3 is 12.1 Å². The normalized spacial score (nSPS) is 21.9. The molecule has 0 spiro atoms. The molecule has 0 aromatic heterocycles. The number of hydrogen-bond acceptors (Lipinski definition) is 3. The van der Waals surface area contributed by atoms with E-state index < -0.39 is 6.09 Å². The van der Waals surface area contributed by atoms with Crippen molar-refractivity contribution in [2.24, 2.45) is 5.41 Å². The Morgan fingerprint density at radius 3 is 2.56 bits per heavy atom. The van der Waals surface area contributed by atoms with Crippen molar-refractivity contribution in [3.05, 3.63) is 11.6 Å². The summed E-state index contributed by atoms with van der Waals surface area (Å²) in [4.78, 5) is 23.4. The van der Waals surface area contributed by atoms with Gasteiger partial charge in [0.05, 0.1) is 7.11 Å². The molecule has 5 nitrogen and oxygen atoms in total. The fraction of sp³-hybridized carbons (Fsp3) is 0.636. The number of piperidine rings is 1. The summed E-state index contributed by atoms with van der Waals surface area (Å²) < 4.78 is 4.58. The number of amides is 1. The molecule has 0 radical (unpaired) electrons. The van der Waals surface area contributed by atoms with E-state index in [1.165, 1.54) is 18.1 Å². The van der Waals surface area contributed by atoms with Gasteiger partial charge in [-0.25, -0.2) is 9.59 Å². The third-order valence-corrected chi connectivity index (χ3v) is 2.87. The van der Waals surface area contributed by atoms with Crippen LogP contribution in [0.3, 0.4) is 0 Å². The lowest BCUT2D eigenvalue weighted by molar-refractivity contribution is -0.135. The molecule has 0 bridgehead atoms. The minimum atomic E-state index is -0.912. The summed E-state index contributed by atoms with van der Waals surface area (Å²) in [5.41, 5.74) is 0.627. The highest BCUT2D eigenvalue weighted by Gasteiger charge is 2.33. The Morgan fingerprint density at radius 2 is 2.12 bits per heavy atom. The fourth-order valence-electron chi connectivity index (χ4n) is 1.88. The van der Waals surface area contributed by atoms with Crippen molar-refractivity contribution in [1.82, 2.24) is 4.90 Å². The zero-order valence-electron chi connectivity index (χ0n) is 9.82. The fourth-order valence-corrected chi connectivity index (χ4v) is 1.88. The first kappa shape index (κ1) is 12.5. The molecule has 1 fully saturated rings. The van der Waals surface area contributed by atoms with Crippen LogP contribution in [0.5, 0.6) is 0 Å². The maximum Gasteiger partial charge on any atom is 0.407 e. The topological polar surface area (TPSA) is 66.8 Å². The van der Waals surface area contributed by atoms with Crippen LogP contribution in [-0.4, -0.2) is 42.3 Å². The minimum Gasteiger partial charge on any atom is -0.466 e. The van der Waals surface area contributed by atoms with Crippen LogP contribution in [0.15, 0.2) is 11.6 Å². The number of carbonyl (C=O) groups excluding carboxylic acids is 1. The summed E-state index contributed by atoms with van der Waals surface area (Å²) in [7, 11) is 1.33. The summed E-state index contributed by atoms with van der Waals surface area (Å²) in [5.74, 6) is -0.383. The third-order valence-electron chi connectivity index (χ3n) is 2.87. The second-order valence-corrected chi connectivity index (χ2v) is 4.53. The van der Waals surface area contributed by atoms with Crippen LogP contribution >= 0.6 is 0 Å². The van der Waals surface area contributed by atoms with E-state index in [1.807, 2.05) is 13.8 Å². The molecule has 1 heterocycles. The van der Waals surface area contributed by atoms with Gasteiger partial charge in [-0.2, -0.15) is 0 Å². The number of carbonyl (C=O) groups is 2. The second kappa shape index (κ2) is 4.55. The van der Waals surface area contributed by atoms with Crippen LogP contribution in [0.1, 0.15) is 20.3 Å². The molecule has 1 rings (SSSR count). The number of likely N-dealkylation sites (tertiary alicyclic amines) is 1. The number of esters is 1. The molecule has 0 aliphatic carbocycles. The predicted molar refractivity (Wildman–Crippen MR) is 58.1 cm³/mol. The van der Waals surface area contributed by atoms with E-state index in [4.69, 9.17) is 5.11 Å². The van der Waals surface area contributed by atoms with Crippen LogP contribution in [0, 0.1) is 5.41 Å². The average molecular weight is 227 g/mol. The number of rotatable bonds is 1. The van der Waals surface area contributed by atoms with E-state index in [-0.39, 0.29) is 11.4 Å². The summed E-state index contributed by atoms with van der Waals surface area (Å²) >= 11 is 0. The Hall–Kier alpha value is -1.52. The molecule has 1 aliphatic heterocycles. The van der Waals surface area contributed by atoms with Gasteiger partial charge in [0.1, 0.15) is 0 Å². The van der Waals surface area contributed by atoms with E-state index in [0.717, 1.165) is 5.57 Å². The zero-order chi connectivity index (χ0) is 12.3. The molecule has 0 aromatic rings. The standard InChI is InChI=1S/C11H17NO4/c1-11(2)7-12(10(14)15)5-4-8(11)6-9(13)16-3/h6H,4-5,7H2,1-3H3,(H,14,15). The van der Waals surface area contributed by atoms with E-state index in [0.29, 0.717) is 19.5 Å². The van der Waals surface area contributed by atoms with E-state index in [9.17, 15) is 9.59 Å². The lowest BCUT2D eigenvalue weighted by atomic mass is 9.79. The molecular formula is C11H17NO4. The Balaban J connectivity index is 2.82. The number of hydrogen-bond donors (Lipinski definition) is 1. The van der Waals surface area contributed by atoms with Crippen molar-refractivity contribution < 1.29 is 19.4 Å². The number of ether oxygens (including phenoxy) is 1. The highest BCUT2D eigenvalue weighted by molar-refractivity contribution is 5.83. The van der Waals surface area contributed by atoms with Gasteiger partial charge in [-0.3, -0.25) is 0 Å². The monoisotopic (exact) mass is 227 g/mol. The summed E-state index contributed by atoms with van der Waals surface area (Å²) in [6.45, 7) is 4.69. The van der Waals surface area contributed by atoms with Crippen LogP contribution in [0.2, 0.25) is 0 Å². The average Bonchev–Trinajstić information content (AvgIpc) is 2.20. The first-order chi connectivity index (χ1) is 7.36. The molecule has 16 heavy (non-hydrogen) atoms. The molecule has 0 atom stereocenters. The van der Waals surface area contributed by atoms with Crippen LogP contribution in [-0.2, 0) is 9.53 Å². The largest absolute Gasteiger partial charge is 0.466 e. The maximum atomic E-state index is 11.2. The molecular weight excluding hydrogens is 210 g/mol. The van der Waals surface area contributed by atoms with Crippen LogP contribution in [0.4, 0.5) is 4.79 Å². The minimum absolute atomic E-state index is 0.315. The second-order valence-electron chi connectivity index (χ2n) is 4.53. The van der Waals surface area contributed by atoms with E-state index in [2.05, 4.69) is 4.74 Å². The van der Waals surface area contributed by atoms with Crippen molar-refractivity contribution in [2.45, 2.75) is 20.3 Å². The smallest absolute Gasteiger partial charge is 0.407 e. The van der Waals surface area contributed by atoms with Crippen molar-refractivity contribution in [3.8, 4) is 0 Å². The first-order valence-corrected chi connectivity index (χ1v) is 5.13. The van der Waals surface area contributed by atoms with Crippen molar-refractivity contribution in [3.63, 3.8) is 0 Å². The molecule has 1 N–H and O–H groups in total. The highest BCUT2D eigenvalue weighted by atomic mass is 16.5. The van der Waals surface area contributed by atoms with Gasteiger partial charge in [0.2, 0.25) is 0 Å². The van der Waals surface area contributed by atoms with Crippen LogP contribution < -0.4 is 0 Å². The van der Waals surface area contributed by atoms with Gasteiger partial charge in [-0.1, -0.05) is 19.4 Å². The number of methoxy groups -OCH3 is 1. The van der Waals surface area contributed by atoms with Gasteiger partial charge in [0, 0.05) is 24.6 Å². The lowest BCUT2D eigenvalue weighted by Gasteiger charge is -2.38. The summed E-state index contributed by atoms with van der Waals surface area (Å²) in [5, 5.41) is 8.90. The SMILES string of the molecule is COC(=O)C=C1CCN(C(=O)O)CC1(C)C. The Morgan fingerprint density at radius 1 is 1.50 bits per heavy atom. The van der Waals surface area contributed by atoms with Crippen molar-refractivity contribution >= 4 is 12.1 Å². The maximum absolute atomic E-state index is 11.2. The lowest BCUT2D eigenvalue weighted by Crippen LogP contribution is -2.44. The third kappa shape index (κ3) is 2.74. The number of carboxylic acid groups (broad SMARTS) is 1. The molecule has 0 saturated carbocycles. The predicted octanol–water partition coefficient (Wildman–Crippen LogP) is 1.50. The van der Waals surface area contributed by atoms with Gasteiger partial charge in [-0.15, -0.1) is 0 Å². The van der Waals surface area contributed by atoms with Crippen molar-refractivity contribution in [1.29, 1.82) is 0 Å². The Bertz CT molecular complexity index is 333. The number of nitrogens with zero attached hydrogens (tertiary/aromatic N) is 1. The van der Waals surface area contributed by atoms with E-state index in [1.54, 1.807) is 0 Å².